The van der Waals surface area contributed by atoms with Gasteiger partial charge in [0.1, 0.15) is 6.10 Å². The van der Waals surface area contributed by atoms with Crippen LogP contribution in [-0.2, 0) is 14.9 Å². The quantitative estimate of drug-likeness (QED) is 0.0243. The zero-order valence-electron chi connectivity index (χ0n) is 29.7. The molecule has 0 saturated carbocycles. The number of aliphatic hydroxyl groups is 2. The van der Waals surface area contributed by atoms with Crippen LogP contribution in [-0.4, -0.2) is 53.1 Å². The standard InChI is InChI=1S/C39H69NO6S/c1-3-5-7-9-11-13-15-17-18-19-20-21-22-24-26-28-30-32-34-38(42)39(43)40-36(35-47(44,45)46)37(41)33-31-29-27-25-23-16-14-12-10-8-6-4-2/h10-13,15,17,23,25,31,33,36-38,41-42H,3-9,14,16,18-22,24,26-30,32,34-35H2,1-2H3,(H,40,43)(H,44,45,46)/b12-10+,13-11-,17-15-,25-23+,33-31+. The van der Waals surface area contributed by atoms with Gasteiger partial charge in [-0.1, -0.05) is 152 Å². The molecule has 0 aliphatic carbocycles. The number of nitrogens with one attached hydrogen (secondary N) is 1. The molecule has 0 rings (SSSR count). The third-order valence-corrected chi connectivity index (χ3v) is 8.81. The van der Waals surface area contributed by atoms with Gasteiger partial charge in [-0.3, -0.25) is 9.35 Å². The molecule has 4 N–H and O–H groups in total. The zero-order valence-corrected chi connectivity index (χ0v) is 30.6. The van der Waals surface area contributed by atoms with Crippen molar-refractivity contribution in [1.29, 1.82) is 0 Å². The van der Waals surface area contributed by atoms with Gasteiger partial charge in [0.2, 0.25) is 5.91 Å². The minimum atomic E-state index is -4.45. The van der Waals surface area contributed by atoms with E-state index in [0.717, 1.165) is 51.4 Å². The van der Waals surface area contributed by atoms with Crippen molar-refractivity contribution in [3.8, 4) is 0 Å². The summed E-state index contributed by atoms with van der Waals surface area (Å²) < 4.78 is 32.4. The van der Waals surface area contributed by atoms with Crippen LogP contribution >= 0.6 is 0 Å². The first kappa shape index (κ1) is 45.0. The molecule has 1 amide bonds. The van der Waals surface area contributed by atoms with Crippen molar-refractivity contribution in [2.24, 2.45) is 0 Å². The highest BCUT2D eigenvalue weighted by molar-refractivity contribution is 7.85. The molecule has 0 spiro atoms. The molecule has 3 atom stereocenters. The SMILES string of the molecule is CCCC/C=C/CC/C=C/CC/C=C/C(O)C(CS(=O)(=O)O)NC(=O)C(O)CCCCCCCCCCC/C=C\C=C/CCCCC. The Bertz CT molecular complexity index is 985. The Morgan fingerprint density at radius 2 is 1.04 bits per heavy atom. The molecule has 8 heteroatoms. The number of unbranched alkanes of at least 4 members (excludes halogenated alkanes) is 16. The molecule has 0 aliphatic heterocycles. The van der Waals surface area contributed by atoms with Crippen LogP contribution in [0.1, 0.15) is 155 Å². The van der Waals surface area contributed by atoms with Crippen LogP contribution in [0.4, 0.5) is 0 Å². The topological polar surface area (TPSA) is 124 Å². The molecule has 0 heterocycles. The highest BCUT2D eigenvalue weighted by Gasteiger charge is 2.27. The second-order valence-electron chi connectivity index (χ2n) is 12.6. The molecule has 0 fully saturated rings. The van der Waals surface area contributed by atoms with Gasteiger partial charge in [-0.05, 0) is 64.2 Å². The summed E-state index contributed by atoms with van der Waals surface area (Å²) >= 11 is 0. The van der Waals surface area contributed by atoms with Gasteiger partial charge in [0.05, 0.1) is 17.9 Å². The Kier molecular flexibility index (Phi) is 31.2. The van der Waals surface area contributed by atoms with E-state index < -0.39 is 40.0 Å². The molecule has 272 valence electrons. The second-order valence-corrected chi connectivity index (χ2v) is 14.1. The molecular weight excluding hydrogens is 610 g/mol. The second kappa shape index (κ2) is 32.5. The van der Waals surface area contributed by atoms with E-state index in [0.29, 0.717) is 12.8 Å². The maximum Gasteiger partial charge on any atom is 0.267 e. The van der Waals surface area contributed by atoms with Crippen LogP contribution in [0, 0.1) is 0 Å². The van der Waals surface area contributed by atoms with E-state index in [1.54, 1.807) is 6.08 Å². The summed E-state index contributed by atoms with van der Waals surface area (Å²) in [5.74, 6) is -1.58. The highest BCUT2D eigenvalue weighted by atomic mass is 32.2. The molecule has 0 radical (unpaired) electrons. The summed E-state index contributed by atoms with van der Waals surface area (Å²) in [5, 5.41) is 23.3. The molecule has 0 aromatic carbocycles. The van der Waals surface area contributed by atoms with Crippen molar-refractivity contribution in [3.63, 3.8) is 0 Å². The smallest absolute Gasteiger partial charge is 0.267 e. The van der Waals surface area contributed by atoms with Gasteiger partial charge in [-0.25, -0.2) is 0 Å². The van der Waals surface area contributed by atoms with Gasteiger partial charge < -0.3 is 15.5 Å². The maximum absolute atomic E-state index is 12.5. The van der Waals surface area contributed by atoms with Crippen LogP contribution in [0.5, 0.6) is 0 Å². The first-order valence-electron chi connectivity index (χ1n) is 18.6. The summed E-state index contributed by atoms with van der Waals surface area (Å²) in [6.07, 6.45) is 41.3. The van der Waals surface area contributed by atoms with Crippen molar-refractivity contribution < 1.29 is 28.0 Å². The summed E-state index contributed by atoms with van der Waals surface area (Å²) in [6, 6.07) is -1.26. The number of hydrogen-bond donors (Lipinski definition) is 4. The van der Waals surface area contributed by atoms with Gasteiger partial charge in [-0.15, -0.1) is 0 Å². The number of hydrogen-bond acceptors (Lipinski definition) is 5. The van der Waals surface area contributed by atoms with Crippen LogP contribution in [0.25, 0.3) is 0 Å². The lowest BCUT2D eigenvalue weighted by molar-refractivity contribution is -0.130. The molecular formula is C39H69NO6S. The van der Waals surface area contributed by atoms with Crippen molar-refractivity contribution in [2.45, 2.75) is 173 Å². The van der Waals surface area contributed by atoms with Gasteiger partial charge >= 0.3 is 0 Å². The van der Waals surface area contributed by atoms with E-state index >= 15 is 0 Å². The molecule has 0 saturated heterocycles. The molecule has 0 aromatic heterocycles. The fourth-order valence-electron chi connectivity index (χ4n) is 5.11. The lowest BCUT2D eigenvalue weighted by Crippen LogP contribution is -2.50. The molecule has 47 heavy (non-hydrogen) atoms. The predicted octanol–water partition coefficient (Wildman–Crippen LogP) is 9.48. The minimum Gasteiger partial charge on any atom is -0.387 e. The van der Waals surface area contributed by atoms with Crippen LogP contribution in [0.3, 0.4) is 0 Å². The Hall–Kier alpha value is -2.00. The summed E-state index contributed by atoms with van der Waals surface area (Å²) in [6.45, 7) is 4.41. The molecule has 7 nitrogen and oxygen atoms in total. The summed E-state index contributed by atoms with van der Waals surface area (Å²) in [4.78, 5) is 12.5. The van der Waals surface area contributed by atoms with Gasteiger partial charge in [0.25, 0.3) is 10.1 Å². The molecule has 0 aromatic rings. The number of rotatable bonds is 32. The Morgan fingerprint density at radius 1 is 0.596 bits per heavy atom. The van der Waals surface area contributed by atoms with E-state index in [1.807, 2.05) is 0 Å². The monoisotopic (exact) mass is 679 g/mol. The fourth-order valence-corrected chi connectivity index (χ4v) is 5.84. The summed E-state index contributed by atoms with van der Waals surface area (Å²) in [5.41, 5.74) is 0. The van der Waals surface area contributed by atoms with E-state index in [2.05, 4.69) is 67.8 Å². The Balaban J connectivity index is 4.14. The first-order valence-corrected chi connectivity index (χ1v) is 20.2. The van der Waals surface area contributed by atoms with E-state index in [9.17, 15) is 28.0 Å². The van der Waals surface area contributed by atoms with E-state index in [4.69, 9.17) is 0 Å². The highest BCUT2D eigenvalue weighted by Crippen LogP contribution is 2.13. The number of amides is 1. The average Bonchev–Trinajstić information content (AvgIpc) is 3.03. The third-order valence-electron chi connectivity index (χ3n) is 8.03. The van der Waals surface area contributed by atoms with Crippen molar-refractivity contribution >= 4 is 16.0 Å². The van der Waals surface area contributed by atoms with Crippen LogP contribution in [0.2, 0.25) is 0 Å². The number of carbonyl (C=O) groups excluding carboxylic acids is 1. The number of aliphatic hydroxyl groups excluding tert-OH is 2. The maximum atomic E-state index is 12.5. The van der Waals surface area contributed by atoms with E-state index in [-0.39, 0.29) is 6.42 Å². The van der Waals surface area contributed by atoms with E-state index in [1.165, 1.54) is 76.7 Å². The van der Waals surface area contributed by atoms with Gasteiger partial charge in [0.15, 0.2) is 0 Å². The lowest BCUT2D eigenvalue weighted by Gasteiger charge is -2.22. The number of allylic oxidation sites excluding steroid dienone is 9. The third kappa shape index (κ3) is 32.3. The van der Waals surface area contributed by atoms with Gasteiger partial charge in [0, 0.05) is 0 Å². The number of carbonyl (C=O) groups is 1. The van der Waals surface area contributed by atoms with Crippen molar-refractivity contribution in [1.82, 2.24) is 5.32 Å². The minimum absolute atomic E-state index is 0.263. The fraction of sp³-hybridized carbons (Fsp3) is 0.718. The largest absolute Gasteiger partial charge is 0.387 e. The van der Waals surface area contributed by atoms with Crippen molar-refractivity contribution in [3.05, 3.63) is 60.8 Å². The predicted molar refractivity (Wildman–Crippen MR) is 199 cm³/mol. The average molecular weight is 680 g/mol. The zero-order chi connectivity index (χ0) is 34.9. The van der Waals surface area contributed by atoms with Gasteiger partial charge in [-0.2, -0.15) is 8.42 Å². The first-order chi connectivity index (χ1) is 22.7. The van der Waals surface area contributed by atoms with Crippen LogP contribution < -0.4 is 5.32 Å². The molecule has 3 unspecified atom stereocenters. The summed E-state index contributed by atoms with van der Waals surface area (Å²) in [7, 11) is -4.45. The molecule has 0 aliphatic rings. The Morgan fingerprint density at radius 3 is 1.57 bits per heavy atom. The Labute approximate surface area is 288 Å². The molecule has 0 bridgehead atoms. The lowest BCUT2D eigenvalue weighted by atomic mass is 10.0. The van der Waals surface area contributed by atoms with Crippen LogP contribution in [0.15, 0.2) is 60.8 Å². The normalized spacial score (nSPS) is 14.7. The van der Waals surface area contributed by atoms with Crippen molar-refractivity contribution in [2.75, 3.05) is 5.75 Å².